The average molecular weight is 247 g/mol. The number of hydrogen-bond donors (Lipinski definition) is 2. The molecule has 0 unspecified atom stereocenters. The molecule has 0 fully saturated rings. The summed E-state index contributed by atoms with van der Waals surface area (Å²) in [4.78, 5) is 7.89. The van der Waals surface area contributed by atoms with E-state index in [1.807, 2.05) is 13.8 Å². The number of nitrogen functional groups attached to an aromatic ring is 1. The SMILES string of the molecule is CC.COc1cc(-c2ncncc2N)ccc1O. The molecule has 5 nitrogen and oxygen atoms in total. The van der Waals surface area contributed by atoms with Crippen molar-refractivity contribution in [1.82, 2.24) is 9.97 Å². The number of nitrogens with two attached hydrogens (primary N) is 1. The number of hydrogen-bond acceptors (Lipinski definition) is 5. The molecule has 0 aliphatic rings. The van der Waals surface area contributed by atoms with Crippen LogP contribution < -0.4 is 10.5 Å². The first-order valence-electron chi connectivity index (χ1n) is 5.65. The van der Waals surface area contributed by atoms with Gasteiger partial charge in [0.05, 0.1) is 24.7 Å². The number of phenolic OH excluding ortho intramolecular Hbond substituents is 1. The molecule has 0 aliphatic heterocycles. The Morgan fingerprint density at radius 2 is 2.00 bits per heavy atom. The van der Waals surface area contributed by atoms with Crippen molar-refractivity contribution in [2.45, 2.75) is 13.8 Å². The molecule has 0 aliphatic carbocycles. The van der Waals surface area contributed by atoms with Crippen molar-refractivity contribution in [3.05, 3.63) is 30.7 Å². The van der Waals surface area contributed by atoms with E-state index in [0.29, 0.717) is 17.1 Å². The number of rotatable bonds is 2. The molecule has 1 heterocycles. The molecule has 1 aromatic heterocycles. The van der Waals surface area contributed by atoms with E-state index >= 15 is 0 Å². The molecule has 18 heavy (non-hydrogen) atoms. The summed E-state index contributed by atoms with van der Waals surface area (Å²) < 4.78 is 5.01. The van der Waals surface area contributed by atoms with E-state index in [-0.39, 0.29) is 5.75 Å². The van der Waals surface area contributed by atoms with Crippen molar-refractivity contribution < 1.29 is 9.84 Å². The van der Waals surface area contributed by atoms with Gasteiger partial charge < -0.3 is 15.6 Å². The zero-order chi connectivity index (χ0) is 13.5. The maximum atomic E-state index is 9.46. The molecule has 0 spiro atoms. The number of phenols is 1. The Hall–Kier alpha value is -2.30. The fraction of sp³-hybridized carbons (Fsp3) is 0.231. The summed E-state index contributed by atoms with van der Waals surface area (Å²) in [6, 6.07) is 4.93. The Morgan fingerprint density at radius 3 is 2.61 bits per heavy atom. The number of ether oxygens (including phenoxy) is 1. The number of methoxy groups -OCH3 is 1. The van der Waals surface area contributed by atoms with Crippen LogP contribution in [0.3, 0.4) is 0 Å². The van der Waals surface area contributed by atoms with Gasteiger partial charge in [-0.15, -0.1) is 0 Å². The van der Waals surface area contributed by atoms with Crippen molar-refractivity contribution in [2.75, 3.05) is 12.8 Å². The predicted molar refractivity (Wildman–Crippen MR) is 71.4 cm³/mol. The maximum absolute atomic E-state index is 9.46. The van der Waals surface area contributed by atoms with E-state index in [2.05, 4.69) is 9.97 Å². The largest absolute Gasteiger partial charge is 0.504 e. The fourth-order valence-electron chi connectivity index (χ4n) is 1.41. The van der Waals surface area contributed by atoms with Crippen LogP contribution in [0.15, 0.2) is 30.7 Å². The number of aromatic hydroxyl groups is 1. The topological polar surface area (TPSA) is 81.3 Å². The minimum absolute atomic E-state index is 0.0823. The highest BCUT2D eigenvalue weighted by molar-refractivity contribution is 5.73. The molecular weight excluding hydrogens is 230 g/mol. The molecule has 1 aromatic carbocycles. The van der Waals surface area contributed by atoms with Gasteiger partial charge in [0.25, 0.3) is 0 Å². The fourth-order valence-corrected chi connectivity index (χ4v) is 1.41. The lowest BCUT2D eigenvalue weighted by molar-refractivity contribution is 0.373. The molecule has 5 heteroatoms. The smallest absolute Gasteiger partial charge is 0.161 e. The third-order valence-electron chi connectivity index (χ3n) is 2.19. The van der Waals surface area contributed by atoms with Crippen LogP contribution in [0.2, 0.25) is 0 Å². The first-order chi connectivity index (χ1) is 8.72. The van der Waals surface area contributed by atoms with Crippen molar-refractivity contribution in [1.29, 1.82) is 0 Å². The van der Waals surface area contributed by atoms with Gasteiger partial charge in [-0.1, -0.05) is 13.8 Å². The lowest BCUT2D eigenvalue weighted by atomic mass is 10.1. The second-order valence-electron chi connectivity index (χ2n) is 3.21. The molecule has 0 saturated carbocycles. The molecule has 0 bridgehead atoms. The number of anilines is 1. The van der Waals surface area contributed by atoms with Crippen LogP contribution >= 0.6 is 0 Å². The van der Waals surface area contributed by atoms with Gasteiger partial charge in [-0.25, -0.2) is 9.97 Å². The molecule has 0 amide bonds. The second kappa shape index (κ2) is 6.44. The van der Waals surface area contributed by atoms with Gasteiger partial charge in [0.1, 0.15) is 6.33 Å². The van der Waals surface area contributed by atoms with Crippen LogP contribution in [0, 0.1) is 0 Å². The van der Waals surface area contributed by atoms with Gasteiger partial charge in [0.2, 0.25) is 0 Å². The highest BCUT2D eigenvalue weighted by Crippen LogP contribution is 2.32. The van der Waals surface area contributed by atoms with Gasteiger partial charge in [-0.3, -0.25) is 0 Å². The van der Waals surface area contributed by atoms with Crippen LogP contribution in [-0.2, 0) is 0 Å². The lowest BCUT2D eigenvalue weighted by Crippen LogP contribution is -1.94. The minimum Gasteiger partial charge on any atom is -0.504 e. The minimum atomic E-state index is 0.0823. The summed E-state index contributed by atoms with van der Waals surface area (Å²) in [5, 5.41) is 9.46. The molecule has 0 saturated heterocycles. The first-order valence-corrected chi connectivity index (χ1v) is 5.65. The number of benzene rings is 1. The van der Waals surface area contributed by atoms with E-state index in [0.717, 1.165) is 5.56 Å². The highest BCUT2D eigenvalue weighted by atomic mass is 16.5. The van der Waals surface area contributed by atoms with Crippen molar-refractivity contribution in [2.24, 2.45) is 0 Å². The molecular formula is C13H17N3O2. The Morgan fingerprint density at radius 1 is 1.28 bits per heavy atom. The van der Waals surface area contributed by atoms with E-state index in [1.54, 1.807) is 12.1 Å². The van der Waals surface area contributed by atoms with Crippen LogP contribution in [0.25, 0.3) is 11.3 Å². The van der Waals surface area contributed by atoms with Gasteiger partial charge in [0, 0.05) is 5.56 Å². The maximum Gasteiger partial charge on any atom is 0.161 e. The quantitative estimate of drug-likeness (QED) is 0.852. The monoisotopic (exact) mass is 247 g/mol. The normalized spacial score (nSPS) is 9.28. The van der Waals surface area contributed by atoms with Crippen LogP contribution in [0.5, 0.6) is 11.5 Å². The summed E-state index contributed by atoms with van der Waals surface area (Å²) in [6.07, 6.45) is 2.95. The lowest BCUT2D eigenvalue weighted by Gasteiger charge is -2.07. The summed E-state index contributed by atoms with van der Waals surface area (Å²) >= 11 is 0. The van der Waals surface area contributed by atoms with Gasteiger partial charge in [0.15, 0.2) is 11.5 Å². The number of aromatic nitrogens is 2. The van der Waals surface area contributed by atoms with Gasteiger partial charge in [-0.05, 0) is 18.2 Å². The van der Waals surface area contributed by atoms with Crippen molar-refractivity contribution >= 4 is 5.69 Å². The Balaban J connectivity index is 0.000000771. The van der Waals surface area contributed by atoms with Crippen molar-refractivity contribution in [3.8, 4) is 22.8 Å². The van der Waals surface area contributed by atoms with E-state index < -0.39 is 0 Å². The molecule has 0 atom stereocenters. The summed E-state index contributed by atoms with van der Waals surface area (Å²) in [7, 11) is 1.49. The zero-order valence-electron chi connectivity index (χ0n) is 10.7. The summed E-state index contributed by atoms with van der Waals surface area (Å²) in [5.41, 5.74) is 7.63. The van der Waals surface area contributed by atoms with Crippen LogP contribution in [-0.4, -0.2) is 22.2 Å². The summed E-state index contributed by atoms with van der Waals surface area (Å²) in [6.45, 7) is 4.00. The molecule has 0 radical (unpaired) electrons. The Labute approximate surface area is 106 Å². The van der Waals surface area contributed by atoms with Gasteiger partial charge >= 0.3 is 0 Å². The third kappa shape index (κ3) is 2.88. The van der Waals surface area contributed by atoms with Gasteiger partial charge in [-0.2, -0.15) is 0 Å². The second-order valence-corrected chi connectivity index (χ2v) is 3.21. The molecule has 3 N–H and O–H groups in total. The first kappa shape index (κ1) is 13.8. The van der Waals surface area contributed by atoms with E-state index in [9.17, 15) is 5.11 Å². The Bertz CT molecular complexity index is 515. The summed E-state index contributed by atoms with van der Waals surface area (Å²) in [5.74, 6) is 0.467. The number of nitrogens with zero attached hydrogens (tertiary/aromatic N) is 2. The zero-order valence-corrected chi connectivity index (χ0v) is 10.7. The van der Waals surface area contributed by atoms with Crippen molar-refractivity contribution in [3.63, 3.8) is 0 Å². The highest BCUT2D eigenvalue weighted by Gasteiger charge is 2.07. The third-order valence-corrected chi connectivity index (χ3v) is 2.19. The molecule has 2 rings (SSSR count). The average Bonchev–Trinajstić information content (AvgIpc) is 2.42. The molecule has 2 aromatic rings. The molecule has 96 valence electrons. The standard InChI is InChI=1S/C11H11N3O2.C2H6/c1-16-10-4-7(2-3-9(10)15)11-8(12)5-13-6-14-11;1-2/h2-6,15H,12H2,1H3;1-2H3. The Kier molecular flexibility index (Phi) is 4.92. The van der Waals surface area contributed by atoms with E-state index in [4.69, 9.17) is 10.5 Å². The van der Waals surface area contributed by atoms with E-state index in [1.165, 1.54) is 25.7 Å². The van der Waals surface area contributed by atoms with Crippen LogP contribution in [0.1, 0.15) is 13.8 Å². The predicted octanol–water partition coefficient (Wildman–Crippen LogP) is 2.47. The van der Waals surface area contributed by atoms with Crippen LogP contribution in [0.4, 0.5) is 5.69 Å².